The maximum Gasteiger partial charge on any atom is 0.416 e. The highest BCUT2D eigenvalue weighted by Gasteiger charge is 2.31. The number of ether oxygens (including phenoxy) is 3. The summed E-state index contributed by atoms with van der Waals surface area (Å²) in [5.74, 6) is 0.0337. The van der Waals surface area contributed by atoms with E-state index in [1.165, 1.54) is 38.6 Å². The van der Waals surface area contributed by atoms with Crippen molar-refractivity contribution in [2.45, 2.75) is 19.1 Å². The number of carbonyl (C=O) groups is 1. The molecular formula is C29H27F4N3O4. The van der Waals surface area contributed by atoms with E-state index in [-0.39, 0.29) is 18.0 Å². The Labute approximate surface area is 228 Å². The molecule has 40 heavy (non-hydrogen) atoms. The van der Waals surface area contributed by atoms with Gasteiger partial charge in [-0.25, -0.2) is 4.39 Å². The number of benzene rings is 3. The van der Waals surface area contributed by atoms with Crippen LogP contribution in [0.15, 0.2) is 66.9 Å². The number of amides is 1. The Morgan fingerprint density at radius 1 is 0.975 bits per heavy atom. The summed E-state index contributed by atoms with van der Waals surface area (Å²) >= 11 is 0. The van der Waals surface area contributed by atoms with Crippen LogP contribution in [0.2, 0.25) is 0 Å². The predicted octanol–water partition coefficient (Wildman–Crippen LogP) is 6.83. The zero-order valence-electron chi connectivity index (χ0n) is 22.2. The van der Waals surface area contributed by atoms with Crippen LogP contribution in [-0.4, -0.2) is 43.6 Å². The van der Waals surface area contributed by atoms with Gasteiger partial charge in [-0.15, -0.1) is 0 Å². The molecule has 0 aliphatic carbocycles. The number of anilines is 1. The van der Waals surface area contributed by atoms with Gasteiger partial charge in [0.05, 0.1) is 31.8 Å². The Bertz CT molecular complexity index is 1530. The fourth-order valence-corrected chi connectivity index (χ4v) is 4.11. The van der Waals surface area contributed by atoms with Gasteiger partial charge in [-0.1, -0.05) is 12.1 Å². The number of pyridine rings is 1. The van der Waals surface area contributed by atoms with Crippen molar-refractivity contribution >= 4 is 22.5 Å². The molecular weight excluding hydrogens is 530 g/mol. The minimum absolute atomic E-state index is 0.0735. The molecule has 0 aliphatic rings. The summed E-state index contributed by atoms with van der Waals surface area (Å²) < 4.78 is 70.6. The molecule has 1 unspecified atom stereocenters. The number of hydrogen-bond acceptors (Lipinski definition) is 6. The zero-order chi connectivity index (χ0) is 29.0. The van der Waals surface area contributed by atoms with Crippen LogP contribution in [0.3, 0.4) is 0 Å². The van der Waals surface area contributed by atoms with E-state index in [1.54, 1.807) is 43.1 Å². The van der Waals surface area contributed by atoms with Crippen LogP contribution in [0.4, 0.5) is 23.2 Å². The second-order valence-electron chi connectivity index (χ2n) is 9.04. The first-order chi connectivity index (χ1) is 19.0. The Balaban J connectivity index is 1.44. The fraction of sp³-hybridized carbons (Fsp3) is 0.241. The zero-order valence-corrected chi connectivity index (χ0v) is 22.2. The molecule has 0 spiro atoms. The van der Waals surface area contributed by atoms with E-state index in [1.807, 2.05) is 0 Å². The smallest absolute Gasteiger partial charge is 0.416 e. The molecule has 1 aromatic heterocycles. The topological polar surface area (TPSA) is 72.9 Å². The number of nitrogens with zero attached hydrogens (tertiary/aromatic N) is 2. The monoisotopic (exact) mass is 557 g/mol. The molecule has 0 radical (unpaired) electrons. The van der Waals surface area contributed by atoms with Crippen molar-refractivity contribution in [2.24, 2.45) is 0 Å². The SMILES string of the molecule is COc1cc2nccc(Oc3ccc(NC(=O)CN(C)C(C)c4cccc(C(F)(F)F)c4)cc3F)c2cc1OC. The van der Waals surface area contributed by atoms with Crippen LogP contribution in [0, 0.1) is 5.82 Å². The third kappa shape index (κ3) is 6.42. The molecule has 1 heterocycles. The molecule has 4 rings (SSSR count). The number of nitrogens with one attached hydrogen (secondary N) is 1. The Hall–Kier alpha value is -4.38. The van der Waals surface area contributed by atoms with Gasteiger partial charge in [0.2, 0.25) is 5.91 Å². The van der Waals surface area contributed by atoms with E-state index in [0.29, 0.717) is 33.7 Å². The lowest BCUT2D eigenvalue weighted by atomic mass is 10.0. The normalized spacial score (nSPS) is 12.3. The van der Waals surface area contributed by atoms with Crippen LogP contribution in [0.1, 0.15) is 24.1 Å². The van der Waals surface area contributed by atoms with Gasteiger partial charge in [0, 0.05) is 35.4 Å². The molecule has 0 bridgehead atoms. The Morgan fingerprint density at radius 3 is 2.38 bits per heavy atom. The van der Waals surface area contributed by atoms with Gasteiger partial charge < -0.3 is 19.5 Å². The van der Waals surface area contributed by atoms with Crippen LogP contribution in [0.25, 0.3) is 10.9 Å². The first-order valence-electron chi connectivity index (χ1n) is 12.2. The van der Waals surface area contributed by atoms with Crippen molar-refractivity contribution in [3.8, 4) is 23.0 Å². The van der Waals surface area contributed by atoms with E-state index in [0.717, 1.165) is 18.2 Å². The average molecular weight is 558 g/mol. The lowest BCUT2D eigenvalue weighted by Gasteiger charge is -2.25. The van der Waals surface area contributed by atoms with Gasteiger partial charge in [-0.2, -0.15) is 13.2 Å². The van der Waals surface area contributed by atoms with Crippen molar-refractivity contribution in [1.82, 2.24) is 9.88 Å². The van der Waals surface area contributed by atoms with Crippen molar-refractivity contribution in [1.29, 1.82) is 0 Å². The van der Waals surface area contributed by atoms with Gasteiger partial charge in [-0.3, -0.25) is 14.7 Å². The van der Waals surface area contributed by atoms with Crippen LogP contribution in [-0.2, 0) is 11.0 Å². The molecule has 1 amide bonds. The van der Waals surface area contributed by atoms with E-state index < -0.39 is 29.5 Å². The summed E-state index contributed by atoms with van der Waals surface area (Å²) in [4.78, 5) is 18.5. The number of aromatic nitrogens is 1. The summed E-state index contributed by atoms with van der Waals surface area (Å²) in [6.07, 6.45) is -2.94. The van der Waals surface area contributed by atoms with E-state index in [4.69, 9.17) is 14.2 Å². The van der Waals surface area contributed by atoms with E-state index in [2.05, 4.69) is 10.3 Å². The number of fused-ring (bicyclic) bond motifs is 1. The molecule has 4 aromatic rings. The Kier molecular flexibility index (Phi) is 8.43. The average Bonchev–Trinajstić information content (AvgIpc) is 2.92. The minimum atomic E-state index is -4.46. The maximum atomic E-state index is 15.0. The van der Waals surface area contributed by atoms with Gasteiger partial charge >= 0.3 is 6.18 Å². The first-order valence-corrected chi connectivity index (χ1v) is 12.2. The third-order valence-corrected chi connectivity index (χ3v) is 6.39. The molecule has 210 valence electrons. The lowest BCUT2D eigenvalue weighted by Crippen LogP contribution is -2.32. The van der Waals surface area contributed by atoms with Gasteiger partial charge in [-0.05, 0) is 55.9 Å². The predicted molar refractivity (Wildman–Crippen MR) is 142 cm³/mol. The van der Waals surface area contributed by atoms with E-state index >= 15 is 0 Å². The first kappa shape index (κ1) is 28.6. The van der Waals surface area contributed by atoms with Gasteiger partial charge in [0.15, 0.2) is 23.1 Å². The summed E-state index contributed by atoms with van der Waals surface area (Å²) in [5, 5.41) is 3.19. The summed E-state index contributed by atoms with van der Waals surface area (Å²) in [5.41, 5.74) is 0.410. The highest BCUT2D eigenvalue weighted by molar-refractivity contribution is 5.92. The van der Waals surface area contributed by atoms with Crippen molar-refractivity contribution in [3.63, 3.8) is 0 Å². The van der Waals surface area contributed by atoms with E-state index in [9.17, 15) is 22.4 Å². The fourth-order valence-electron chi connectivity index (χ4n) is 4.11. The molecule has 0 aliphatic heterocycles. The maximum absolute atomic E-state index is 15.0. The number of carbonyl (C=O) groups excluding carboxylic acids is 1. The molecule has 1 N–H and O–H groups in total. The number of likely N-dealkylation sites (N-methyl/N-ethyl adjacent to an activating group) is 1. The number of halogens is 4. The lowest BCUT2D eigenvalue weighted by molar-refractivity contribution is -0.137. The van der Waals surface area contributed by atoms with Crippen molar-refractivity contribution in [2.75, 3.05) is 33.1 Å². The van der Waals surface area contributed by atoms with Crippen molar-refractivity contribution in [3.05, 3.63) is 83.8 Å². The molecule has 0 saturated heterocycles. The second kappa shape index (κ2) is 11.8. The number of alkyl halides is 3. The summed E-state index contributed by atoms with van der Waals surface area (Å²) in [6.45, 7) is 1.56. The summed E-state index contributed by atoms with van der Waals surface area (Å²) in [6, 6.07) is 13.4. The number of methoxy groups -OCH3 is 2. The second-order valence-corrected chi connectivity index (χ2v) is 9.04. The largest absolute Gasteiger partial charge is 0.493 e. The standard InChI is InChI=1S/C29H27F4N3O4/c1-17(18-6-5-7-19(12-18)29(31,32)33)36(2)16-28(37)35-20-8-9-25(22(30)13-20)40-24-10-11-34-23-15-27(39-4)26(38-3)14-21(23)24/h5-15,17H,16H2,1-4H3,(H,35,37). The van der Waals surface area contributed by atoms with Crippen LogP contribution in [0.5, 0.6) is 23.0 Å². The number of hydrogen-bond donors (Lipinski definition) is 1. The van der Waals surface area contributed by atoms with Gasteiger partial charge in [0.1, 0.15) is 5.75 Å². The van der Waals surface area contributed by atoms with Crippen LogP contribution >= 0.6 is 0 Å². The summed E-state index contributed by atoms with van der Waals surface area (Å²) in [7, 11) is 4.62. The van der Waals surface area contributed by atoms with Gasteiger partial charge in [0.25, 0.3) is 0 Å². The number of rotatable bonds is 9. The molecule has 0 fully saturated rings. The highest BCUT2D eigenvalue weighted by atomic mass is 19.4. The van der Waals surface area contributed by atoms with Crippen molar-refractivity contribution < 1.29 is 36.6 Å². The Morgan fingerprint density at radius 2 is 1.70 bits per heavy atom. The molecule has 0 saturated carbocycles. The van der Waals surface area contributed by atoms with Crippen LogP contribution < -0.4 is 19.5 Å². The molecule has 1 atom stereocenters. The molecule has 3 aromatic carbocycles. The quantitative estimate of drug-likeness (QED) is 0.227. The third-order valence-electron chi connectivity index (χ3n) is 6.39. The minimum Gasteiger partial charge on any atom is -0.493 e. The molecule has 7 nitrogen and oxygen atoms in total. The molecule has 11 heteroatoms. The highest BCUT2D eigenvalue weighted by Crippen LogP contribution is 2.37.